The summed E-state index contributed by atoms with van der Waals surface area (Å²) in [5, 5.41) is 10.8. The van der Waals surface area contributed by atoms with E-state index < -0.39 is 10.9 Å². The highest BCUT2D eigenvalue weighted by Crippen LogP contribution is 2.23. The topological polar surface area (TPSA) is 113 Å². The monoisotopic (exact) mass is 276 g/mol. The summed E-state index contributed by atoms with van der Waals surface area (Å²) >= 11 is 0. The lowest BCUT2D eigenvalue weighted by molar-refractivity contribution is -0.385. The van der Waals surface area contributed by atoms with Crippen molar-refractivity contribution >= 4 is 17.5 Å². The molecule has 0 aliphatic heterocycles. The van der Waals surface area contributed by atoms with Gasteiger partial charge in [0.15, 0.2) is 5.69 Å². The lowest BCUT2D eigenvalue weighted by atomic mass is 10.2. The van der Waals surface area contributed by atoms with E-state index in [-0.39, 0.29) is 17.2 Å². The van der Waals surface area contributed by atoms with E-state index in [2.05, 4.69) is 9.72 Å². The number of nitrogens with two attached hydrogens (primary N) is 1. The fourth-order valence-electron chi connectivity index (χ4n) is 1.81. The lowest BCUT2D eigenvalue weighted by Gasteiger charge is -2.06. The molecular weight excluding hydrogens is 264 g/mol. The van der Waals surface area contributed by atoms with E-state index >= 15 is 0 Å². The molecule has 0 bridgehead atoms. The van der Waals surface area contributed by atoms with Crippen LogP contribution in [0.2, 0.25) is 0 Å². The minimum Gasteiger partial charge on any atom is -0.464 e. The minimum absolute atomic E-state index is 0.00325. The lowest BCUT2D eigenvalue weighted by Crippen LogP contribution is -2.07. The van der Waals surface area contributed by atoms with Crippen LogP contribution >= 0.6 is 0 Å². The van der Waals surface area contributed by atoms with Crippen LogP contribution in [0.25, 0.3) is 5.69 Å². The quantitative estimate of drug-likeness (QED) is 0.515. The van der Waals surface area contributed by atoms with Crippen LogP contribution in [0.15, 0.2) is 24.5 Å². The van der Waals surface area contributed by atoms with Crippen LogP contribution in [-0.4, -0.2) is 27.6 Å². The summed E-state index contributed by atoms with van der Waals surface area (Å²) in [4.78, 5) is 25.6. The molecule has 0 saturated heterocycles. The van der Waals surface area contributed by atoms with Crippen LogP contribution in [0.4, 0.5) is 11.5 Å². The molecule has 8 nitrogen and oxygen atoms in total. The number of aryl methyl sites for hydroxylation is 1. The third kappa shape index (κ3) is 2.18. The van der Waals surface area contributed by atoms with Crippen LogP contribution in [0.5, 0.6) is 0 Å². The van der Waals surface area contributed by atoms with Gasteiger partial charge in [0.05, 0.1) is 12.0 Å². The molecule has 0 radical (unpaired) electrons. The van der Waals surface area contributed by atoms with Crippen molar-refractivity contribution in [2.24, 2.45) is 0 Å². The normalized spacial score (nSPS) is 10.3. The van der Waals surface area contributed by atoms with E-state index in [0.29, 0.717) is 11.3 Å². The SMILES string of the molecule is COC(=O)c1ncn(-c2ccc([N+](=O)[O-])c(C)c2)c1N. The molecule has 0 fully saturated rings. The maximum atomic E-state index is 11.4. The molecule has 0 amide bonds. The van der Waals surface area contributed by atoms with E-state index in [1.54, 1.807) is 13.0 Å². The zero-order chi connectivity index (χ0) is 14.9. The molecule has 2 rings (SSSR count). The fourth-order valence-corrected chi connectivity index (χ4v) is 1.81. The molecule has 1 aromatic heterocycles. The number of imidazole rings is 1. The van der Waals surface area contributed by atoms with Gasteiger partial charge in [0.2, 0.25) is 0 Å². The maximum absolute atomic E-state index is 11.4. The Morgan fingerprint density at radius 1 is 1.50 bits per heavy atom. The molecular formula is C12H12N4O4. The fraction of sp³-hybridized carbons (Fsp3) is 0.167. The van der Waals surface area contributed by atoms with E-state index in [1.165, 1.54) is 30.1 Å². The number of hydrogen-bond donors (Lipinski definition) is 1. The van der Waals surface area contributed by atoms with Gasteiger partial charge in [-0.3, -0.25) is 14.7 Å². The summed E-state index contributed by atoms with van der Waals surface area (Å²) < 4.78 is 6.02. The molecule has 0 atom stereocenters. The Balaban J connectivity index is 2.48. The van der Waals surface area contributed by atoms with Gasteiger partial charge < -0.3 is 10.5 Å². The van der Waals surface area contributed by atoms with Crippen molar-refractivity contribution in [2.75, 3.05) is 12.8 Å². The first-order chi connectivity index (χ1) is 9.45. The van der Waals surface area contributed by atoms with E-state index in [1.807, 2.05) is 0 Å². The van der Waals surface area contributed by atoms with E-state index in [9.17, 15) is 14.9 Å². The third-order valence-corrected chi connectivity index (χ3v) is 2.84. The molecule has 20 heavy (non-hydrogen) atoms. The van der Waals surface area contributed by atoms with Crippen molar-refractivity contribution in [1.29, 1.82) is 0 Å². The first kappa shape index (κ1) is 13.5. The van der Waals surface area contributed by atoms with E-state index in [0.717, 1.165) is 0 Å². The number of carbonyl (C=O) groups is 1. The third-order valence-electron chi connectivity index (χ3n) is 2.84. The number of methoxy groups -OCH3 is 1. The van der Waals surface area contributed by atoms with Gasteiger partial charge in [-0.15, -0.1) is 0 Å². The first-order valence-electron chi connectivity index (χ1n) is 5.62. The molecule has 0 spiro atoms. The number of nitrogen functional groups attached to an aromatic ring is 1. The largest absolute Gasteiger partial charge is 0.464 e. The molecule has 8 heteroatoms. The second kappa shape index (κ2) is 5.00. The molecule has 1 heterocycles. The second-order valence-electron chi connectivity index (χ2n) is 4.07. The number of ether oxygens (including phenoxy) is 1. The maximum Gasteiger partial charge on any atom is 0.360 e. The Hall–Kier alpha value is -2.90. The van der Waals surface area contributed by atoms with Crippen molar-refractivity contribution in [3.05, 3.63) is 45.9 Å². The number of rotatable bonds is 3. The van der Waals surface area contributed by atoms with Crippen molar-refractivity contribution in [1.82, 2.24) is 9.55 Å². The highest BCUT2D eigenvalue weighted by atomic mass is 16.6. The van der Waals surface area contributed by atoms with E-state index in [4.69, 9.17) is 5.73 Å². The molecule has 1 aromatic carbocycles. The molecule has 0 saturated carbocycles. The molecule has 0 aliphatic rings. The summed E-state index contributed by atoms with van der Waals surface area (Å²) in [5.41, 5.74) is 6.91. The Bertz CT molecular complexity index is 693. The summed E-state index contributed by atoms with van der Waals surface area (Å²) in [5.74, 6) is -0.523. The Kier molecular flexibility index (Phi) is 3.38. The minimum atomic E-state index is -0.639. The number of aromatic nitrogens is 2. The van der Waals surface area contributed by atoms with Crippen LogP contribution in [0.1, 0.15) is 16.1 Å². The Labute approximate surface area is 113 Å². The summed E-state index contributed by atoms with van der Waals surface area (Å²) in [6, 6.07) is 4.50. The van der Waals surface area contributed by atoms with Gasteiger partial charge >= 0.3 is 5.97 Å². The number of hydrogen-bond acceptors (Lipinski definition) is 6. The van der Waals surface area contributed by atoms with Gasteiger partial charge in [-0.1, -0.05) is 0 Å². The van der Waals surface area contributed by atoms with Crippen LogP contribution in [0, 0.1) is 17.0 Å². The summed E-state index contributed by atoms with van der Waals surface area (Å²) in [7, 11) is 1.23. The van der Waals surface area contributed by atoms with Gasteiger partial charge in [0.25, 0.3) is 5.69 Å². The van der Waals surface area contributed by atoms with Gasteiger partial charge in [-0.05, 0) is 19.1 Å². The molecule has 104 valence electrons. The molecule has 0 unspecified atom stereocenters. The second-order valence-corrected chi connectivity index (χ2v) is 4.07. The Morgan fingerprint density at radius 3 is 2.75 bits per heavy atom. The summed E-state index contributed by atoms with van der Waals surface area (Å²) in [6.07, 6.45) is 1.36. The molecule has 2 N–H and O–H groups in total. The first-order valence-corrected chi connectivity index (χ1v) is 5.62. The van der Waals surface area contributed by atoms with Gasteiger partial charge in [-0.25, -0.2) is 9.78 Å². The van der Waals surface area contributed by atoms with Crippen molar-refractivity contribution < 1.29 is 14.5 Å². The average molecular weight is 276 g/mol. The number of nitro groups is 1. The number of esters is 1. The van der Waals surface area contributed by atoms with Gasteiger partial charge in [0.1, 0.15) is 12.1 Å². The van der Waals surface area contributed by atoms with Crippen molar-refractivity contribution in [3.63, 3.8) is 0 Å². The van der Waals surface area contributed by atoms with Crippen LogP contribution in [0.3, 0.4) is 0 Å². The van der Waals surface area contributed by atoms with Gasteiger partial charge in [-0.2, -0.15) is 0 Å². The zero-order valence-electron chi connectivity index (χ0n) is 10.9. The number of anilines is 1. The number of nitrogens with zero attached hydrogens (tertiary/aromatic N) is 3. The van der Waals surface area contributed by atoms with Crippen LogP contribution < -0.4 is 5.73 Å². The van der Waals surface area contributed by atoms with Gasteiger partial charge in [0, 0.05) is 17.3 Å². The predicted octanol–water partition coefficient (Wildman–Crippen LogP) is 1.46. The average Bonchev–Trinajstić information content (AvgIpc) is 2.79. The standard InChI is InChI=1S/C12H12N4O4/c1-7-5-8(3-4-9(7)16(18)19)15-6-14-10(11(15)13)12(17)20-2/h3-6H,13H2,1-2H3. The molecule has 0 aliphatic carbocycles. The number of carbonyl (C=O) groups excluding carboxylic acids is 1. The van der Waals surface area contributed by atoms with Crippen molar-refractivity contribution in [3.8, 4) is 5.69 Å². The highest BCUT2D eigenvalue weighted by molar-refractivity contribution is 5.92. The predicted molar refractivity (Wildman–Crippen MR) is 70.7 cm³/mol. The smallest absolute Gasteiger partial charge is 0.360 e. The summed E-state index contributed by atoms with van der Waals surface area (Å²) in [6.45, 7) is 1.62. The number of benzene rings is 1. The zero-order valence-corrected chi connectivity index (χ0v) is 10.9. The highest BCUT2D eigenvalue weighted by Gasteiger charge is 2.18. The Morgan fingerprint density at radius 2 is 2.20 bits per heavy atom. The van der Waals surface area contributed by atoms with Crippen LogP contribution in [-0.2, 0) is 4.74 Å². The number of nitro benzene ring substituents is 1. The van der Waals surface area contributed by atoms with Crippen molar-refractivity contribution in [2.45, 2.75) is 6.92 Å². The molecule has 2 aromatic rings.